The number of aryl methyl sites for hydroxylation is 1. The van der Waals surface area contributed by atoms with Gasteiger partial charge in [0.2, 0.25) is 0 Å². The van der Waals surface area contributed by atoms with Crippen LogP contribution in [0, 0.1) is 5.92 Å². The van der Waals surface area contributed by atoms with Crippen LogP contribution in [0.25, 0.3) is 0 Å². The van der Waals surface area contributed by atoms with E-state index in [1.807, 2.05) is 24.0 Å². The largest absolute Gasteiger partial charge is 0.376 e. The van der Waals surface area contributed by atoms with Crippen molar-refractivity contribution in [3.63, 3.8) is 0 Å². The second kappa shape index (κ2) is 5.62. The van der Waals surface area contributed by atoms with Crippen molar-refractivity contribution in [3.05, 3.63) is 18.0 Å². The van der Waals surface area contributed by atoms with Gasteiger partial charge >= 0.3 is 0 Å². The van der Waals surface area contributed by atoms with E-state index in [4.69, 9.17) is 10.6 Å². The predicted molar refractivity (Wildman–Crippen MR) is 66.1 cm³/mol. The van der Waals surface area contributed by atoms with Gasteiger partial charge in [-0.25, -0.2) is 0 Å². The minimum absolute atomic E-state index is 0.0442. The highest BCUT2D eigenvalue weighted by atomic mass is 16.5. The molecule has 2 atom stereocenters. The Morgan fingerprint density at radius 3 is 2.82 bits per heavy atom. The minimum atomic E-state index is 0.0442. The summed E-state index contributed by atoms with van der Waals surface area (Å²) in [5, 5.41) is 4.29. The summed E-state index contributed by atoms with van der Waals surface area (Å²) in [6.07, 6.45) is 6.57. The van der Waals surface area contributed by atoms with Gasteiger partial charge in [-0.3, -0.25) is 16.0 Å². The molecular weight excluding hydrogens is 216 g/mol. The number of nitrogens with one attached hydrogen (secondary N) is 1. The van der Waals surface area contributed by atoms with Crippen LogP contribution in [0.1, 0.15) is 38.3 Å². The third-order valence-corrected chi connectivity index (χ3v) is 3.29. The van der Waals surface area contributed by atoms with E-state index in [9.17, 15) is 0 Å². The zero-order valence-electron chi connectivity index (χ0n) is 10.6. The number of nitrogens with zero attached hydrogens (tertiary/aromatic N) is 2. The van der Waals surface area contributed by atoms with Crippen LogP contribution >= 0.6 is 0 Å². The van der Waals surface area contributed by atoms with Gasteiger partial charge in [-0.15, -0.1) is 0 Å². The molecule has 96 valence electrons. The van der Waals surface area contributed by atoms with Crippen molar-refractivity contribution < 1.29 is 4.74 Å². The number of aromatic nitrogens is 2. The Kier molecular flexibility index (Phi) is 4.15. The SMILES string of the molecule is CCOC(C1CC1)C(NN)c1cnn(CC)c1. The maximum absolute atomic E-state index is 5.84. The first kappa shape index (κ1) is 12.5. The number of rotatable bonds is 7. The lowest BCUT2D eigenvalue weighted by Crippen LogP contribution is -2.39. The van der Waals surface area contributed by atoms with E-state index in [0.29, 0.717) is 5.92 Å². The van der Waals surface area contributed by atoms with Gasteiger partial charge in [-0.05, 0) is 32.6 Å². The molecule has 1 aliphatic rings. The Bertz CT molecular complexity index is 348. The third-order valence-electron chi connectivity index (χ3n) is 3.29. The fourth-order valence-electron chi connectivity index (χ4n) is 2.22. The van der Waals surface area contributed by atoms with Gasteiger partial charge in [-0.2, -0.15) is 5.10 Å². The van der Waals surface area contributed by atoms with Crippen LogP contribution in [0.15, 0.2) is 12.4 Å². The number of hydrogen-bond acceptors (Lipinski definition) is 4. The first-order valence-electron chi connectivity index (χ1n) is 6.40. The average Bonchev–Trinajstić information content (AvgIpc) is 3.08. The molecule has 5 nitrogen and oxygen atoms in total. The zero-order chi connectivity index (χ0) is 12.3. The Morgan fingerprint density at radius 1 is 1.59 bits per heavy atom. The van der Waals surface area contributed by atoms with Crippen molar-refractivity contribution in [3.8, 4) is 0 Å². The summed E-state index contributed by atoms with van der Waals surface area (Å²) in [6, 6.07) is 0.0442. The second-order valence-corrected chi connectivity index (χ2v) is 4.53. The molecule has 1 aromatic rings. The topological polar surface area (TPSA) is 65.1 Å². The average molecular weight is 238 g/mol. The maximum Gasteiger partial charge on any atom is 0.0811 e. The summed E-state index contributed by atoms with van der Waals surface area (Å²) >= 11 is 0. The monoisotopic (exact) mass is 238 g/mol. The Hall–Kier alpha value is -0.910. The summed E-state index contributed by atoms with van der Waals surface area (Å²) < 4.78 is 7.75. The van der Waals surface area contributed by atoms with Crippen molar-refractivity contribution >= 4 is 0 Å². The number of ether oxygens (including phenoxy) is 1. The van der Waals surface area contributed by atoms with Crippen molar-refractivity contribution in [2.75, 3.05) is 6.61 Å². The van der Waals surface area contributed by atoms with E-state index < -0.39 is 0 Å². The fourth-order valence-corrected chi connectivity index (χ4v) is 2.22. The number of nitrogens with two attached hydrogens (primary N) is 1. The summed E-state index contributed by atoms with van der Waals surface area (Å²) in [5.41, 5.74) is 3.99. The smallest absolute Gasteiger partial charge is 0.0811 e. The molecule has 17 heavy (non-hydrogen) atoms. The molecule has 1 aromatic heterocycles. The molecule has 5 heteroatoms. The molecule has 3 N–H and O–H groups in total. The first-order valence-corrected chi connectivity index (χ1v) is 6.40. The van der Waals surface area contributed by atoms with E-state index in [2.05, 4.69) is 17.4 Å². The molecule has 1 saturated carbocycles. The Balaban J connectivity index is 2.12. The van der Waals surface area contributed by atoms with Gasteiger partial charge in [-0.1, -0.05) is 0 Å². The van der Waals surface area contributed by atoms with Crippen LogP contribution < -0.4 is 11.3 Å². The van der Waals surface area contributed by atoms with Crippen LogP contribution in [-0.2, 0) is 11.3 Å². The van der Waals surface area contributed by atoms with E-state index >= 15 is 0 Å². The molecular formula is C12H22N4O. The van der Waals surface area contributed by atoms with Crippen LogP contribution in [0.3, 0.4) is 0 Å². The van der Waals surface area contributed by atoms with E-state index in [1.165, 1.54) is 12.8 Å². The molecule has 1 heterocycles. The first-order chi connectivity index (χ1) is 8.30. The van der Waals surface area contributed by atoms with Crippen LogP contribution in [0.5, 0.6) is 0 Å². The highest BCUT2D eigenvalue weighted by molar-refractivity contribution is 5.14. The van der Waals surface area contributed by atoms with Gasteiger partial charge in [0.15, 0.2) is 0 Å². The van der Waals surface area contributed by atoms with Crippen molar-refractivity contribution in [1.29, 1.82) is 0 Å². The van der Waals surface area contributed by atoms with Gasteiger partial charge in [0, 0.05) is 24.9 Å². The molecule has 0 spiro atoms. The molecule has 0 aliphatic heterocycles. The maximum atomic E-state index is 5.84. The van der Waals surface area contributed by atoms with Crippen LogP contribution in [0.2, 0.25) is 0 Å². The standard InChI is InChI=1S/C12H22N4O/c1-3-16-8-10(7-14-16)11(15-13)12(17-4-2)9-5-6-9/h7-9,11-12,15H,3-6,13H2,1-2H3. The van der Waals surface area contributed by atoms with E-state index in [-0.39, 0.29) is 12.1 Å². The normalized spacial score (nSPS) is 19.2. The van der Waals surface area contributed by atoms with Crippen molar-refractivity contribution in [2.24, 2.45) is 11.8 Å². The van der Waals surface area contributed by atoms with E-state index in [1.54, 1.807) is 0 Å². The number of hydrogen-bond donors (Lipinski definition) is 2. The molecule has 0 saturated heterocycles. The Morgan fingerprint density at radius 2 is 2.35 bits per heavy atom. The molecule has 0 radical (unpaired) electrons. The molecule has 0 amide bonds. The van der Waals surface area contributed by atoms with Crippen LogP contribution in [-0.4, -0.2) is 22.5 Å². The lowest BCUT2D eigenvalue weighted by Gasteiger charge is -2.25. The summed E-state index contributed by atoms with van der Waals surface area (Å²) in [7, 11) is 0. The van der Waals surface area contributed by atoms with Crippen molar-refractivity contribution in [2.45, 2.75) is 45.4 Å². The van der Waals surface area contributed by atoms with Gasteiger partial charge in [0.25, 0.3) is 0 Å². The quantitative estimate of drug-likeness (QED) is 0.554. The van der Waals surface area contributed by atoms with Crippen molar-refractivity contribution in [1.82, 2.24) is 15.2 Å². The van der Waals surface area contributed by atoms with Gasteiger partial charge in [0.05, 0.1) is 18.3 Å². The van der Waals surface area contributed by atoms with Gasteiger partial charge in [0.1, 0.15) is 0 Å². The molecule has 1 fully saturated rings. The summed E-state index contributed by atoms with van der Waals surface area (Å²) in [4.78, 5) is 0. The van der Waals surface area contributed by atoms with Crippen LogP contribution in [0.4, 0.5) is 0 Å². The third kappa shape index (κ3) is 2.86. The highest BCUT2D eigenvalue weighted by Gasteiger charge is 2.38. The molecule has 0 bridgehead atoms. The summed E-state index contributed by atoms with van der Waals surface area (Å²) in [6.45, 7) is 5.70. The lowest BCUT2D eigenvalue weighted by atomic mass is 10.0. The van der Waals surface area contributed by atoms with Gasteiger partial charge < -0.3 is 4.74 Å². The molecule has 1 aliphatic carbocycles. The van der Waals surface area contributed by atoms with E-state index in [0.717, 1.165) is 18.7 Å². The second-order valence-electron chi connectivity index (χ2n) is 4.53. The molecule has 0 aromatic carbocycles. The fraction of sp³-hybridized carbons (Fsp3) is 0.750. The Labute approximate surface area is 102 Å². The minimum Gasteiger partial charge on any atom is -0.376 e. The molecule has 2 rings (SSSR count). The lowest BCUT2D eigenvalue weighted by molar-refractivity contribution is 0.0185. The molecule has 2 unspecified atom stereocenters. The number of hydrazine groups is 1. The zero-order valence-corrected chi connectivity index (χ0v) is 10.6. The highest BCUT2D eigenvalue weighted by Crippen LogP contribution is 2.39. The summed E-state index contributed by atoms with van der Waals surface area (Å²) in [5.74, 6) is 6.33. The predicted octanol–water partition coefficient (Wildman–Crippen LogP) is 1.22.